The van der Waals surface area contributed by atoms with E-state index in [1.54, 1.807) is 18.3 Å². The highest BCUT2D eigenvalue weighted by atomic mass is 19.1. The Hall–Kier alpha value is -3.48. The summed E-state index contributed by atoms with van der Waals surface area (Å²) in [6, 6.07) is 16.8. The van der Waals surface area contributed by atoms with Gasteiger partial charge in [0, 0.05) is 12.7 Å². The van der Waals surface area contributed by atoms with Crippen molar-refractivity contribution in [1.82, 2.24) is 20.4 Å². The van der Waals surface area contributed by atoms with Gasteiger partial charge in [0.25, 0.3) is 5.91 Å². The molecule has 7 heteroatoms. The molecule has 0 bridgehead atoms. The van der Waals surface area contributed by atoms with Crippen LogP contribution < -0.4 is 10.6 Å². The Balaban J connectivity index is 1.51. The summed E-state index contributed by atoms with van der Waals surface area (Å²) in [6.45, 7) is 0.238. The average Bonchev–Trinajstić information content (AvgIpc) is 3.15. The Bertz CT molecular complexity index is 909. The Morgan fingerprint density at radius 2 is 1.81 bits per heavy atom. The van der Waals surface area contributed by atoms with Crippen LogP contribution in [0, 0.1) is 5.82 Å². The van der Waals surface area contributed by atoms with Gasteiger partial charge in [-0.05, 0) is 29.8 Å². The molecule has 3 aromatic rings. The highest BCUT2D eigenvalue weighted by Gasteiger charge is 2.12. The number of hydrogen-bond acceptors (Lipinski definition) is 3. The second kappa shape index (κ2) is 8.06. The lowest BCUT2D eigenvalue weighted by Crippen LogP contribution is -2.36. The molecule has 0 unspecified atom stereocenters. The first-order chi connectivity index (χ1) is 12.6. The van der Waals surface area contributed by atoms with Crippen LogP contribution in [0.2, 0.25) is 0 Å². The van der Waals surface area contributed by atoms with E-state index < -0.39 is 5.91 Å². The maximum Gasteiger partial charge on any atom is 0.272 e. The van der Waals surface area contributed by atoms with Gasteiger partial charge in [-0.3, -0.25) is 9.59 Å². The van der Waals surface area contributed by atoms with E-state index in [1.165, 1.54) is 22.9 Å². The molecule has 6 nitrogen and oxygen atoms in total. The van der Waals surface area contributed by atoms with Crippen LogP contribution in [0.3, 0.4) is 0 Å². The first-order valence-corrected chi connectivity index (χ1v) is 8.02. The van der Waals surface area contributed by atoms with Crippen molar-refractivity contribution in [2.45, 2.75) is 6.54 Å². The normalized spacial score (nSPS) is 10.3. The number of carbonyl (C=O) groups is 2. The second-order valence-electron chi connectivity index (χ2n) is 5.57. The molecule has 0 saturated heterocycles. The molecule has 0 aliphatic rings. The number of amides is 2. The number of benzene rings is 2. The monoisotopic (exact) mass is 352 g/mol. The van der Waals surface area contributed by atoms with Gasteiger partial charge in [-0.15, -0.1) is 0 Å². The van der Waals surface area contributed by atoms with Gasteiger partial charge >= 0.3 is 0 Å². The van der Waals surface area contributed by atoms with Crippen molar-refractivity contribution in [3.63, 3.8) is 0 Å². The molecule has 1 heterocycles. The van der Waals surface area contributed by atoms with Crippen molar-refractivity contribution < 1.29 is 14.0 Å². The standard InChI is InChI=1S/C19H17FN4O2/c20-15-7-4-8-16(11-15)24-10-9-17(23-24)19(26)22-13-18(25)21-12-14-5-2-1-3-6-14/h1-11H,12-13H2,(H,21,25)(H,22,26). The topological polar surface area (TPSA) is 76.0 Å². The van der Waals surface area contributed by atoms with E-state index in [9.17, 15) is 14.0 Å². The van der Waals surface area contributed by atoms with Gasteiger partial charge in [0.2, 0.25) is 5.91 Å². The van der Waals surface area contributed by atoms with E-state index in [0.717, 1.165) is 5.56 Å². The number of halogens is 1. The zero-order valence-corrected chi connectivity index (χ0v) is 13.9. The van der Waals surface area contributed by atoms with Gasteiger partial charge in [-0.1, -0.05) is 36.4 Å². The molecule has 2 aromatic carbocycles. The van der Waals surface area contributed by atoms with Crippen molar-refractivity contribution in [2.75, 3.05) is 6.54 Å². The summed E-state index contributed by atoms with van der Waals surface area (Å²) in [4.78, 5) is 23.9. The van der Waals surface area contributed by atoms with Crippen LogP contribution in [-0.4, -0.2) is 28.1 Å². The maximum atomic E-state index is 13.3. The first kappa shape index (κ1) is 17.3. The third-order valence-corrected chi connectivity index (χ3v) is 3.64. The van der Waals surface area contributed by atoms with Gasteiger partial charge in [-0.2, -0.15) is 5.10 Å². The molecular weight excluding hydrogens is 335 g/mol. The van der Waals surface area contributed by atoms with E-state index in [1.807, 2.05) is 30.3 Å². The van der Waals surface area contributed by atoms with Gasteiger partial charge in [-0.25, -0.2) is 9.07 Å². The molecule has 0 aliphatic heterocycles. The average molecular weight is 352 g/mol. The summed E-state index contributed by atoms with van der Waals surface area (Å²) < 4.78 is 14.7. The van der Waals surface area contributed by atoms with E-state index in [0.29, 0.717) is 12.2 Å². The molecule has 0 spiro atoms. The van der Waals surface area contributed by atoms with Crippen LogP contribution in [0.5, 0.6) is 0 Å². The maximum absolute atomic E-state index is 13.3. The summed E-state index contributed by atoms with van der Waals surface area (Å²) in [6.07, 6.45) is 1.55. The third-order valence-electron chi connectivity index (χ3n) is 3.64. The Kier molecular flexibility index (Phi) is 5.38. The minimum absolute atomic E-state index is 0.144. The van der Waals surface area contributed by atoms with Crippen molar-refractivity contribution in [1.29, 1.82) is 0 Å². The van der Waals surface area contributed by atoms with Crippen LogP contribution in [0.15, 0.2) is 66.9 Å². The lowest BCUT2D eigenvalue weighted by Gasteiger charge is -2.06. The van der Waals surface area contributed by atoms with Crippen molar-refractivity contribution in [3.8, 4) is 5.69 Å². The van der Waals surface area contributed by atoms with Crippen LogP contribution in [0.4, 0.5) is 4.39 Å². The number of nitrogens with one attached hydrogen (secondary N) is 2. The predicted octanol–water partition coefficient (Wildman–Crippen LogP) is 2.06. The number of nitrogens with zero attached hydrogens (tertiary/aromatic N) is 2. The van der Waals surface area contributed by atoms with Crippen molar-refractivity contribution >= 4 is 11.8 Å². The summed E-state index contributed by atoms with van der Waals surface area (Å²) >= 11 is 0. The fraction of sp³-hybridized carbons (Fsp3) is 0.105. The Morgan fingerprint density at radius 3 is 2.58 bits per heavy atom. The van der Waals surface area contributed by atoms with Crippen LogP contribution in [0.25, 0.3) is 5.69 Å². The van der Waals surface area contributed by atoms with E-state index >= 15 is 0 Å². The molecule has 1 aromatic heterocycles. The molecule has 3 rings (SSSR count). The molecule has 132 valence electrons. The molecule has 0 atom stereocenters. The summed E-state index contributed by atoms with van der Waals surface area (Å²) in [5.41, 5.74) is 1.62. The highest BCUT2D eigenvalue weighted by molar-refractivity contribution is 5.94. The zero-order chi connectivity index (χ0) is 18.4. The van der Waals surface area contributed by atoms with Crippen LogP contribution in [0.1, 0.15) is 16.1 Å². The van der Waals surface area contributed by atoms with E-state index in [-0.39, 0.29) is 24.0 Å². The highest BCUT2D eigenvalue weighted by Crippen LogP contribution is 2.09. The molecule has 0 saturated carbocycles. The minimum atomic E-state index is -0.477. The largest absolute Gasteiger partial charge is 0.350 e. The minimum Gasteiger partial charge on any atom is -0.350 e. The fourth-order valence-electron chi connectivity index (χ4n) is 2.32. The summed E-state index contributed by atoms with van der Waals surface area (Å²) in [7, 11) is 0. The molecule has 0 fully saturated rings. The van der Waals surface area contributed by atoms with Crippen LogP contribution >= 0.6 is 0 Å². The number of aromatic nitrogens is 2. The first-order valence-electron chi connectivity index (χ1n) is 8.02. The Labute approximate surface area is 149 Å². The molecule has 0 radical (unpaired) electrons. The number of hydrogen-bond donors (Lipinski definition) is 2. The number of rotatable bonds is 6. The van der Waals surface area contributed by atoms with E-state index in [4.69, 9.17) is 0 Å². The number of carbonyl (C=O) groups excluding carboxylic acids is 2. The Morgan fingerprint density at radius 1 is 1.00 bits per heavy atom. The summed E-state index contributed by atoms with van der Waals surface area (Å²) in [5.74, 6) is -1.17. The molecule has 2 amide bonds. The zero-order valence-electron chi connectivity index (χ0n) is 13.9. The SMILES string of the molecule is O=C(CNC(=O)c1ccn(-c2cccc(F)c2)n1)NCc1ccccc1. The molecule has 26 heavy (non-hydrogen) atoms. The molecule has 0 aliphatic carbocycles. The third kappa shape index (κ3) is 4.54. The lowest BCUT2D eigenvalue weighted by molar-refractivity contribution is -0.120. The fourth-order valence-corrected chi connectivity index (χ4v) is 2.32. The predicted molar refractivity (Wildman–Crippen MR) is 94.1 cm³/mol. The van der Waals surface area contributed by atoms with Crippen molar-refractivity contribution in [2.24, 2.45) is 0 Å². The van der Waals surface area contributed by atoms with Gasteiger partial charge in [0.15, 0.2) is 5.69 Å². The van der Waals surface area contributed by atoms with Crippen molar-refractivity contribution in [3.05, 3.63) is 83.9 Å². The van der Waals surface area contributed by atoms with Crippen LogP contribution in [-0.2, 0) is 11.3 Å². The molecule has 2 N–H and O–H groups in total. The van der Waals surface area contributed by atoms with Gasteiger partial charge in [0.1, 0.15) is 5.82 Å². The summed E-state index contributed by atoms with van der Waals surface area (Å²) in [5, 5.41) is 9.33. The molecular formula is C19H17FN4O2. The van der Waals surface area contributed by atoms with E-state index in [2.05, 4.69) is 15.7 Å². The van der Waals surface area contributed by atoms with Gasteiger partial charge < -0.3 is 10.6 Å². The lowest BCUT2D eigenvalue weighted by atomic mass is 10.2. The smallest absolute Gasteiger partial charge is 0.272 e. The quantitative estimate of drug-likeness (QED) is 0.713. The van der Waals surface area contributed by atoms with Gasteiger partial charge in [0.05, 0.1) is 12.2 Å². The second-order valence-corrected chi connectivity index (χ2v) is 5.57.